The van der Waals surface area contributed by atoms with Crippen LogP contribution in [-0.4, -0.2) is 18.6 Å². The van der Waals surface area contributed by atoms with Gasteiger partial charge in [-0.25, -0.2) is 4.98 Å². The third kappa shape index (κ3) is 4.32. The Balaban J connectivity index is 1.92. The molecule has 3 nitrogen and oxygen atoms in total. The van der Waals surface area contributed by atoms with Gasteiger partial charge in [0, 0.05) is 29.6 Å². The van der Waals surface area contributed by atoms with Crippen LogP contribution in [0.1, 0.15) is 35.2 Å². The van der Waals surface area contributed by atoms with Gasteiger partial charge in [0.25, 0.3) is 0 Å². The SMILES string of the molecule is CCCCNCc1cnc(Cc2ccccc2OC)s1. The Morgan fingerprint density at radius 1 is 1.30 bits per heavy atom. The quantitative estimate of drug-likeness (QED) is 0.754. The first-order valence-corrected chi connectivity index (χ1v) is 7.91. The molecule has 0 fully saturated rings. The second kappa shape index (κ2) is 8.02. The van der Waals surface area contributed by atoms with E-state index in [4.69, 9.17) is 4.74 Å². The summed E-state index contributed by atoms with van der Waals surface area (Å²) in [6.07, 6.45) is 5.28. The number of thiazole rings is 1. The normalized spacial score (nSPS) is 10.7. The molecule has 0 atom stereocenters. The van der Waals surface area contributed by atoms with Crippen molar-refractivity contribution in [3.05, 3.63) is 45.9 Å². The van der Waals surface area contributed by atoms with E-state index in [9.17, 15) is 0 Å². The van der Waals surface area contributed by atoms with Gasteiger partial charge < -0.3 is 10.1 Å². The van der Waals surface area contributed by atoms with Crippen molar-refractivity contribution in [2.45, 2.75) is 32.7 Å². The van der Waals surface area contributed by atoms with Crippen molar-refractivity contribution < 1.29 is 4.74 Å². The minimum absolute atomic E-state index is 0.837. The number of methoxy groups -OCH3 is 1. The summed E-state index contributed by atoms with van der Waals surface area (Å²) in [4.78, 5) is 5.81. The van der Waals surface area contributed by atoms with Gasteiger partial charge in [-0.3, -0.25) is 0 Å². The summed E-state index contributed by atoms with van der Waals surface area (Å²) in [6.45, 7) is 4.21. The molecule has 0 unspecified atom stereocenters. The molecule has 1 aromatic heterocycles. The van der Waals surface area contributed by atoms with Crippen molar-refractivity contribution in [2.24, 2.45) is 0 Å². The summed E-state index contributed by atoms with van der Waals surface area (Å²) in [7, 11) is 1.71. The van der Waals surface area contributed by atoms with E-state index in [1.807, 2.05) is 24.4 Å². The van der Waals surface area contributed by atoms with Crippen LogP contribution in [0.4, 0.5) is 0 Å². The lowest BCUT2D eigenvalue weighted by Crippen LogP contribution is -2.13. The van der Waals surface area contributed by atoms with E-state index in [0.717, 1.165) is 30.3 Å². The summed E-state index contributed by atoms with van der Waals surface area (Å²) in [5.41, 5.74) is 1.19. The van der Waals surface area contributed by atoms with Gasteiger partial charge in [-0.15, -0.1) is 11.3 Å². The van der Waals surface area contributed by atoms with Gasteiger partial charge in [0.05, 0.1) is 12.1 Å². The van der Waals surface area contributed by atoms with Gasteiger partial charge in [-0.2, -0.15) is 0 Å². The maximum atomic E-state index is 5.38. The number of nitrogens with one attached hydrogen (secondary N) is 1. The molecule has 20 heavy (non-hydrogen) atoms. The predicted molar refractivity (Wildman–Crippen MR) is 84.5 cm³/mol. The average Bonchev–Trinajstić information content (AvgIpc) is 2.92. The number of rotatable bonds is 8. The largest absolute Gasteiger partial charge is 0.496 e. The summed E-state index contributed by atoms with van der Waals surface area (Å²) in [5, 5.41) is 4.59. The fraction of sp³-hybridized carbons (Fsp3) is 0.438. The third-order valence-corrected chi connectivity index (χ3v) is 4.14. The molecule has 2 rings (SSSR count). The molecule has 0 radical (unpaired) electrons. The van der Waals surface area contributed by atoms with Crippen LogP contribution in [0.5, 0.6) is 5.75 Å². The van der Waals surface area contributed by atoms with E-state index in [2.05, 4.69) is 23.3 Å². The van der Waals surface area contributed by atoms with E-state index >= 15 is 0 Å². The first kappa shape index (κ1) is 15.0. The summed E-state index contributed by atoms with van der Waals surface area (Å²) in [6, 6.07) is 8.13. The number of benzene rings is 1. The van der Waals surface area contributed by atoms with Crippen molar-refractivity contribution in [1.82, 2.24) is 10.3 Å². The molecule has 0 aliphatic rings. The Bertz CT molecular complexity index is 525. The van der Waals surface area contributed by atoms with Gasteiger partial charge in [0.2, 0.25) is 0 Å². The minimum atomic E-state index is 0.837. The molecule has 0 bridgehead atoms. The molecule has 2 aromatic rings. The zero-order chi connectivity index (χ0) is 14.2. The van der Waals surface area contributed by atoms with Crippen LogP contribution in [0.15, 0.2) is 30.5 Å². The summed E-state index contributed by atoms with van der Waals surface area (Å²) >= 11 is 1.78. The Morgan fingerprint density at radius 2 is 2.15 bits per heavy atom. The van der Waals surface area contributed by atoms with E-state index in [1.165, 1.54) is 23.3 Å². The predicted octanol–water partition coefficient (Wildman–Crippen LogP) is 3.63. The molecule has 0 saturated heterocycles. The highest BCUT2D eigenvalue weighted by molar-refractivity contribution is 7.11. The first-order chi connectivity index (χ1) is 9.83. The van der Waals surface area contributed by atoms with E-state index in [-0.39, 0.29) is 0 Å². The maximum absolute atomic E-state index is 5.38. The van der Waals surface area contributed by atoms with Crippen LogP contribution < -0.4 is 10.1 Å². The smallest absolute Gasteiger partial charge is 0.122 e. The van der Waals surface area contributed by atoms with Gasteiger partial charge in [0.1, 0.15) is 5.75 Å². The third-order valence-electron chi connectivity index (χ3n) is 3.14. The van der Waals surface area contributed by atoms with Gasteiger partial charge in [-0.1, -0.05) is 31.5 Å². The summed E-state index contributed by atoms with van der Waals surface area (Å²) < 4.78 is 5.38. The molecule has 108 valence electrons. The van der Waals surface area contributed by atoms with E-state index in [0.29, 0.717) is 0 Å². The molecule has 0 amide bonds. The molecule has 1 N–H and O–H groups in total. The molecule has 1 aromatic carbocycles. The van der Waals surface area contributed by atoms with Crippen molar-refractivity contribution in [3.8, 4) is 5.75 Å². The van der Waals surface area contributed by atoms with Crippen molar-refractivity contribution in [2.75, 3.05) is 13.7 Å². The number of aromatic nitrogens is 1. The molecule has 0 spiro atoms. The van der Waals surface area contributed by atoms with Crippen LogP contribution >= 0.6 is 11.3 Å². The van der Waals surface area contributed by atoms with Gasteiger partial charge >= 0.3 is 0 Å². The van der Waals surface area contributed by atoms with Crippen LogP contribution in [0.2, 0.25) is 0 Å². The summed E-state index contributed by atoms with van der Waals surface area (Å²) in [5.74, 6) is 0.935. The standard InChI is InChI=1S/C16H22N2OS/c1-3-4-9-17-11-14-12-18-16(20-14)10-13-7-5-6-8-15(13)19-2/h5-8,12,17H,3-4,9-11H2,1-2H3. The maximum Gasteiger partial charge on any atom is 0.122 e. The lowest BCUT2D eigenvalue weighted by molar-refractivity contribution is 0.410. The van der Waals surface area contributed by atoms with Gasteiger partial charge in [-0.05, 0) is 19.0 Å². The molecule has 0 aliphatic heterocycles. The lowest BCUT2D eigenvalue weighted by Gasteiger charge is -2.05. The monoisotopic (exact) mass is 290 g/mol. The Kier molecular flexibility index (Phi) is 6.02. The van der Waals surface area contributed by atoms with E-state index < -0.39 is 0 Å². The molecule has 0 saturated carbocycles. The van der Waals surface area contributed by atoms with Gasteiger partial charge in [0.15, 0.2) is 0 Å². The van der Waals surface area contributed by atoms with Crippen molar-refractivity contribution in [1.29, 1.82) is 0 Å². The minimum Gasteiger partial charge on any atom is -0.496 e. The molecule has 0 aliphatic carbocycles. The Hall–Kier alpha value is -1.39. The van der Waals surface area contributed by atoms with Crippen LogP contribution in [0, 0.1) is 0 Å². The average molecular weight is 290 g/mol. The second-order valence-electron chi connectivity index (χ2n) is 4.74. The number of hydrogen-bond donors (Lipinski definition) is 1. The molecule has 4 heteroatoms. The lowest BCUT2D eigenvalue weighted by atomic mass is 10.1. The fourth-order valence-electron chi connectivity index (χ4n) is 2.04. The highest BCUT2D eigenvalue weighted by Gasteiger charge is 2.07. The van der Waals surface area contributed by atoms with E-state index in [1.54, 1.807) is 18.4 Å². The topological polar surface area (TPSA) is 34.2 Å². The number of unbranched alkanes of at least 4 members (excludes halogenated alkanes) is 1. The zero-order valence-electron chi connectivity index (χ0n) is 12.2. The van der Waals surface area contributed by atoms with Crippen LogP contribution in [-0.2, 0) is 13.0 Å². The molecular weight excluding hydrogens is 268 g/mol. The Labute approximate surface area is 125 Å². The van der Waals surface area contributed by atoms with Crippen molar-refractivity contribution >= 4 is 11.3 Å². The number of hydrogen-bond acceptors (Lipinski definition) is 4. The second-order valence-corrected chi connectivity index (χ2v) is 5.94. The highest BCUT2D eigenvalue weighted by Crippen LogP contribution is 2.23. The number of nitrogens with zero attached hydrogens (tertiary/aromatic N) is 1. The van der Waals surface area contributed by atoms with Crippen LogP contribution in [0.25, 0.3) is 0 Å². The van der Waals surface area contributed by atoms with Crippen LogP contribution in [0.3, 0.4) is 0 Å². The van der Waals surface area contributed by atoms with Crippen molar-refractivity contribution in [3.63, 3.8) is 0 Å². The zero-order valence-corrected chi connectivity index (χ0v) is 13.0. The Morgan fingerprint density at radius 3 is 2.95 bits per heavy atom. The number of ether oxygens (including phenoxy) is 1. The highest BCUT2D eigenvalue weighted by atomic mass is 32.1. The molecule has 1 heterocycles. The molecular formula is C16H22N2OS. The first-order valence-electron chi connectivity index (χ1n) is 7.09. The number of para-hydroxylation sites is 1. The fourth-order valence-corrected chi connectivity index (χ4v) is 2.95.